The maximum absolute atomic E-state index is 11.9. The number of halogens is 3. The lowest BCUT2D eigenvalue weighted by Crippen LogP contribution is -2.34. The molecule has 1 rings (SSSR count). The van der Waals surface area contributed by atoms with Crippen molar-refractivity contribution in [2.45, 2.75) is 12.3 Å². The third-order valence-electron chi connectivity index (χ3n) is 1.67. The Morgan fingerprint density at radius 2 is 1.80 bits per heavy atom. The first kappa shape index (κ1) is 11.6. The van der Waals surface area contributed by atoms with Crippen LogP contribution in [0.3, 0.4) is 0 Å². The average Bonchev–Trinajstić information content (AvgIpc) is 2.15. The van der Waals surface area contributed by atoms with Crippen LogP contribution in [0.2, 0.25) is 0 Å². The largest absolute Gasteiger partial charge is 0.491 e. The highest BCUT2D eigenvalue weighted by atomic mass is 19.4. The SMILES string of the molecule is Nc1ccc(OCC(O)C(F)(F)F)cc1. The van der Waals surface area contributed by atoms with Crippen LogP contribution in [0, 0.1) is 0 Å². The van der Waals surface area contributed by atoms with Crippen molar-refractivity contribution in [3.63, 3.8) is 0 Å². The zero-order chi connectivity index (χ0) is 11.5. The summed E-state index contributed by atoms with van der Waals surface area (Å²) in [4.78, 5) is 0. The minimum Gasteiger partial charge on any atom is -0.491 e. The van der Waals surface area contributed by atoms with Crippen molar-refractivity contribution in [2.75, 3.05) is 12.3 Å². The lowest BCUT2D eigenvalue weighted by molar-refractivity contribution is -0.210. The summed E-state index contributed by atoms with van der Waals surface area (Å²) in [6, 6.07) is 5.85. The normalized spacial score (nSPS) is 13.6. The summed E-state index contributed by atoms with van der Waals surface area (Å²) in [6.45, 7) is -0.826. The predicted molar refractivity (Wildman–Crippen MR) is 48.4 cm³/mol. The van der Waals surface area contributed by atoms with Gasteiger partial charge in [-0.05, 0) is 24.3 Å². The quantitative estimate of drug-likeness (QED) is 0.762. The first-order chi connectivity index (χ1) is 6.89. The Labute approximate surface area is 84.3 Å². The second kappa shape index (κ2) is 4.39. The highest BCUT2D eigenvalue weighted by molar-refractivity contribution is 5.41. The van der Waals surface area contributed by atoms with Crippen molar-refractivity contribution < 1.29 is 23.0 Å². The molecule has 1 atom stereocenters. The monoisotopic (exact) mass is 221 g/mol. The van der Waals surface area contributed by atoms with Crippen LogP contribution < -0.4 is 10.5 Å². The standard InChI is InChI=1S/C9H10F3NO2/c10-9(11,12)8(14)5-15-7-3-1-6(13)2-4-7/h1-4,8,14H,5,13H2. The molecule has 0 aromatic heterocycles. The summed E-state index contributed by atoms with van der Waals surface area (Å²) >= 11 is 0. The van der Waals surface area contributed by atoms with Crippen LogP contribution >= 0.6 is 0 Å². The first-order valence-corrected chi connectivity index (χ1v) is 4.12. The van der Waals surface area contributed by atoms with Gasteiger partial charge in [0, 0.05) is 5.69 Å². The Morgan fingerprint density at radius 1 is 1.27 bits per heavy atom. The number of anilines is 1. The number of benzene rings is 1. The molecule has 15 heavy (non-hydrogen) atoms. The number of rotatable bonds is 3. The summed E-state index contributed by atoms with van der Waals surface area (Å²) in [6.07, 6.45) is -7.14. The number of aliphatic hydroxyl groups excluding tert-OH is 1. The third kappa shape index (κ3) is 3.67. The Morgan fingerprint density at radius 3 is 2.27 bits per heavy atom. The molecule has 0 saturated carbocycles. The average molecular weight is 221 g/mol. The molecule has 84 valence electrons. The molecule has 0 spiro atoms. The maximum atomic E-state index is 11.9. The van der Waals surface area contributed by atoms with Gasteiger partial charge in [0.15, 0.2) is 6.10 Å². The minimum absolute atomic E-state index is 0.229. The molecule has 0 aliphatic heterocycles. The summed E-state index contributed by atoms with van der Waals surface area (Å²) in [7, 11) is 0. The van der Waals surface area contributed by atoms with Gasteiger partial charge in [-0.25, -0.2) is 0 Å². The van der Waals surface area contributed by atoms with Crippen LogP contribution in [-0.4, -0.2) is 24.0 Å². The second-order valence-electron chi connectivity index (χ2n) is 2.94. The van der Waals surface area contributed by atoms with Gasteiger partial charge in [-0.3, -0.25) is 0 Å². The number of nitrogens with two attached hydrogens (primary N) is 1. The van der Waals surface area contributed by atoms with Gasteiger partial charge in [-0.2, -0.15) is 13.2 Å². The summed E-state index contributed by atoms with van der Waals surface area (Å²) < 4.78 is 40.3. The highest BCUT2D eigenvalue weighted by Crippen LogP contribution is 2.21. The molecule has 0 bridgehead atoms. The predicted octanol–water partition coefficient (Wildman–Crippen LogP) is 1.57. The van der Waals surface area contributed by atoms with Crippen LogP contribution in [0.1, 0.15) is 0 Å². The van der Waals surface area contributed by atoms with E-state index in [2.05, 4.69) is 0 Å². The van der Waals surface area contributed by atoms with Crippen molar-refractivity contribution in [1.29, 1.82) is 0 Å². The van der Waals surface area contributed by atoms with Gasteiger partial charge in [-0.1, -0.05) is 0 Å². The van der Waals surface area contributed by atoms with Gasteiger partial charge in [0.05, 0.1) is 0 Å². The van der Waals surface area contributed by atoms with Crippen LogP contribution in [-0.2, 0) is 0 Å². The lowest BCUT2D eigenvalue weighted by Gasteiger charge is -2.15. The molecule has 0 saturated heterocycles. The van der Waals surface area contributed by atoms with Gasteiger partial charge in [0.1, 0.15) is 12.4 Å². The molecular formula is C9H10F3NO2. The number of aliphatic hydroxyl groups is 1. The van der Waals surface area contributed by atoms with E-state index in [0.29, 0.717) is 5.69 Å². The molecule has 1 unspecified atom stereocenters. The van der Waals surface area contributed by atoms with Gasteiger partial charge in [0.25, 0.3) is 0 Å². The highest BCUT2D eigenvalue weighted by Gasteiger charge is 2.38. The van der Waals surface area contributed by atoms with Crippen molar-refractivity contribution in [3.05, 3.63) is 24.3 Å². The number of ether oxygens (including phenoxy) is 1. The molecular weight excluding hydrogens is 211 g/mol. The smallest absolute Gasteiger partial charge is 0.417 e. The molecule has 0 fully saturated rings. The van der Waals surface area contributed by atoms with E-state index in [0.717, 1.165) is 0 Å². The van der Waals surface area contributed by atoms with E-state index < -0.39 is 18.9 Å². The van der Waals surface area contributed by atoms with Crippen molar-refractivity contribution in [3.8, 4) is 5.75 Å². The second-order valence-corrected chi connectivity index (χ2v) is 2.94. The Bertz CT molecular complexity index is 310. The van der Waals surface area contributed by atoms with Crippen LogP contribution in [0.4, 0.5) is 18.9 Å². The fourth-order valence-corrected chi connectivity index (χ4v) is 0.834. The molecule has 0 aliphatic rings. The van der Waals surface area contributed by atoms with E-state index in [-0.39, 0.29) is 5.75 Å². The van der Waals surface area contributed by atoms with E-state index >= 15 is 0 Å². The number of alkyl halides is 3. The molecule has 0 aliphatic carbocycles. The molecule has 1 aromatic carbocycles. The molecule has 6 heteroatoms. The van der Waals surface area contributed by atoms with E-state index in [9.17, 15) is 13.2 Å². The van der Waals surface area contributed by atoms with Gasteiger partial charge >= 0.3 is 6.18 Å². The van der Waals surface area contributed by atoms with Gasteiger partial charge in [-0.15, -0.1) is 0 Å². The summed E-state index contributed by atoms with van der Waals surface area (Å²) in [5.74, 6) is 0.229. The zero-order valence-electron chi connectivity index (χ0n) is 7.66. The van der Waals surface area contributed by atoms with E-state index in [1.807, 2.05) is 0 Å². The Kier molecular flexibility index (Phi) is 3.41. The first-order valence-electron chi connectivity index (χ1n) is 4.12. The molecule has 3 N–H and O–H groups in total. The fourth-order valence-electron chi connectivity index (χ4n) is 0.834. The Balaban J connectivity index is 2.47. The third-order valence-corrected chi connectivity index (χ3v) is 1.67. The summed E-state index contributed by atoms with van der Waals surface area (Å²) in [5, 5.41) is 8.63. The summed E-state index contributed by atoms with van der Waals surface area (Å²) in [5.41, 5.74) is 5.85. The lowest BCUT2D eigenvalue weighted by atomic mass is 10.3. The molecule has 3 nitrogen and oxygen atoms in total. The topological polar surface area (TPSA) is 55.5 Å². The van der Waals surface area contributed by atoms with E-state index in [1.54, 1.807) is 0 Å². The van der Waals surface area contributed by atoms with Gasteiger partial charge in [0.2, 0.25) is 0 Å². The van der Waals surface area contributed by atoms with Crippen LogP contribution in [0.15, 0.2) is 24.3 Å². The Hall–Kier alpha value is -1.43. The van der Waals surface area contributed by atoms with E-state index in [4.69, 9.17) is 15.6 Å². The van der Waals surface area contributed by atoms with Crippen molar-refractivity contribution in [2.24, 2.45) is 0 Å². The number of nitrogen functional groups attached to an aromatic ring is 1. The number of hydrogen-bond donors (Lipinski definition) is 2. The minimum atomic E-state index is -4.66. The molecule has 0 heterocycles. The zero-order valence-corrected chi connectivity index (χ0v) is 7.66. The van der Waals surface area contributed by atoms with E-state index in [1.165, 1.54) is 24.3 Å². The maximum Gasteiger partial charge on any atom is 0.417 e. The van der Waals surface area contributed by atoms with Crippen LogP contribution in [0.25, 0.3) is 0 Å². The molecule has 1 aromatic rings. The van der Waals surface area contributed by atoms with Crippen LogP contribution in [0.5, 0.6) is 5.75 Å². The van der Waals surface area contributed by atoms with Crippen molar-refractivity contribution >= 4 is 5.69 Å². The fraction of sp³-hybridized carbons (Fsp3) is 0.333. The molecule has 0 amide bonds. The van der Waals surface area contributed by atoms with Gasteiger partial charge < -0.3 is 15.6 Å². The molecule has 0 radical (unpaired) electrons. The van der Waals surface area contributed by atoms with Crippen molar-refractivity contribution in [1.82, 2.24) is 0 Å². The number of hydrogen-bond acceptors (Lipinski definition) is 3.